The zero-order chi connectivity index (χ0) is 10.7. The number of nitrogens with two attached hydrogens (primary N) is 1. The highest BCUT2D eigenvalue weighted by Gasteiger charge is 2.04. The van der Waals surface area contributed by atoms with Gasteiger partial charge in [0.15, 0.2) is 5.82 Å². The quantitative estimate of drug-likeness (QED) is 0.808. The predicted molar refractivity (Wildman–Crippen MR) is 58.6 cm³/mol. The monoisotopic (exact) mass is 220 g/mol. The molecule has 2 heterocycles. The fraction of sp³-hybridized carbons (Fsp3) is 0. The van der Waals surface area contributed by atoms with Crippen LogP contribution in [0.2, 0.25) is 0 Å². The molecule has 0 saturated heterocycles. The van der Waals surface area contributed by atoms with Gasteiger partial charge in [0.2, 0.25) is 0 Å². The van der Waals surface area contributed by atoms with Crippen LogP contribution in [0, 0.1) is 0 Å². The fourth-order valence-corrected chi connectivity index (χ4v) is 1.74. The van der Waals surface area contributed by atoms with E-state index in [0.717, 1.165) is 4.88 Å². The molecule has 0 aromatic carbocycles. The summed E-state index contributed by atoms with van der Waals surface area (Å²) in [6, 6.07) is 4.78. The van der Waals surface area contributed by atoms with E-state index in [1.54, 1.807) is 12.3 Å². The number of rotatable bonds is 2. The van der Waals surface area contributed by atoms with E-state index in [-0.39, 0.29) is 0 Å². The Morgan fingerprint density at radius 3 is 3.00 bits per heavy atom. The number of urea groups is 1. The van der Waals surface area contributed by atoms with Crippen molar-refractivity contribution in [2.24, 2.45) is 5.73 Å². The lowest BCUT2D eigenvalue weighted by molar-refractivity contribution is 0.259. The molecular weight excluding hydrogens is 212 g/mol. The number of nitrogens with one attached hydrogen (secondary N) is 1. The van der Waals surface area contributed by atoms with E-state index >= 15 is 0 Å². The SMILES string of the molecule is NC(=O)Nc1ccnc(-c2cccs2)n1. The summed E-state index contributed by atoms with van der Waals surface area (Å²) >= 11 is 1.53. The number of carbonyl (C=O) groups is 1. The maximum absolute atomic E-state index is 10.6. The van der Waals surface area contributed by atoms with Gasteiger partial charge in [-0.05, 0) is 17.5 Å². The first-order chi connectivity index (χ1) is 7.25. The Morgan fingerprint density at radius 1 is 1.47 bits per heavy atom. The number of thiophene rings is 1. The van der Waals surface area contributed by atoms with Gasteiger partial charge >= 0.3 is 6.03 Å². The molecule has 0 fully saturated rings. The van der Waals surface area contributed by atoms with E-state index in [1.165, 1.54) is 11.3 Å². The Morgan fingerprint density at radius 2 is 2.33 bits per heavy atom. The van der Waals surface area contributed by atoms with Crippen LogP contribution in [0.15, 0.2) is 29.8 Å². The summed E-state index contributed by atoms with van der Waals surface area (Å²) in [7, 11) is 0. The van der Waals surface area contributed by atoms with Crippen molar-refractivity contribution in [3.8, 4) is 10.7 Å². The van der Waals surface area contributed by atoms with Crippen LogP contribution >= 0.6 is 11.3 Å². The van der Waals surface area contributed by atoms with Crippen LogP contribution in [-0.4, -0.2) is 16.0 Å². The van der Waals surface area contributed by atoms with Crippen LogP contribution in [0.1, 0.15) is 0 Å². The number of nitrogens with zero attached hydrogens (tertiary/aromatic N) is 2. The first kappa shape index (κ1) is 9.60. The third-order valence-corrected chi connectivity index (χ3v) is 2.51. The molecular formula is C9H8N4OS. The third-order valence-electron chi connectivity index (χ3n) is 1.65. The molecule has 76 valence electrons. The van der Waals surface area contributed by atoms with Gasteiger partial charge in [-0.25, -0.2) is 14.8 Å². The van der Waals surface area contributed by atoms with Crippen LogP contribution in [0.25, 0.3) is 10.7 Å². The van der Waals surface area contributed by atoms with Crippen molar-refractivity contribution in [1.29, 1.82) is 0 Å². The smallest absolute Gasteiger partial charge is 0.317 e. The summed E-state index contributed by atoms with van der Waals surface area (Å²) in [5.74, 6) is 0.983. The fourth-order valence-electron chi connectivity index (χ4n) is 1.08. The molecule has 0 aliphatic carbocycles. The van der Waals surface area contributed by atoms with Gasteiger partial charge in [-0.1, -0.05) is 6.07 Å². The van der Waals surface area contributed by atoms with Gasteiger partial charge in [0.05, 0.1) is 4.88 Å². The molecule has 0 bridgehead atoms. The molecule has 6 heteroatoms. The first-order valence-electron chi connectivity index (χ1n) is 4.19. The maximum atomic E-state index is 10.6. The van der Waals surface area contributed by atoms with Crippen molar-refractivity contribution >= 4 is 23.2 Å². The van der Waals surface area contributed by atoms with Gasteiger partial charge in [-0.2, -0.15) is 0 Å². The highest BCUT2D eigenvalue weighted by molar-refractivity contribution is 7.13. The average molecular weight is 220 g/mol. The number of carbonyl (C=O) groups excluding carboxylic acids is 1. The number of anilines is 1. The summed E-state index contributed by atoms with van der Waals surface area (Å²) in [5.41, 5.74) is 4.99. The molecule has 5 nitrogen and oxygen atoms in total. The van der Waals surface area contributed by atoms with Gasteiger partial charge < -0.3 is 5.73 Å². The molecule has 0 spiro atoms. The van der Waals surface area contributed by atoms with Gasteiger partial charge in [-0.15, -0.1) is 11.3 Å². The van der Waals surface area contributed by atoms with Crippen LogP contribution in [0.3, 0.4) is 0 Å². The maximum Gasteiger partial charge on any atom is 0.317 e. The van der Waals surface area contributed by atoms with Crippen molar-refractivity contribution in [3.05, 3.63) is 29.8 Å². The number of primary amides is 1. The van der Waals surface area contributed by atoms with Gasteiger partial charge in [0.25, 0.3) is 0 Å². The molecule has 2 rings (SSSR count). The molecule has 2 amide bonds. The molecule has 0 aliphatic heterocycles. The Kier molecular flexibility index (Phi) is 2.59. The second kappa shape index (κ2) is 4.05. The van der Waals surface area contributed by atoms with Crippen LogP contribution in [0.4, 0.5) is 10.6 Å². The zero-order valence-electron chi connectivity index (χ0n) is 7.68. The molecule has 0 saturated carbocycles. The standard InChI is InChI=1S/C9H8N4OS/c10-9(14)13-7-3-4-11-8(12-7)6-2-1-5-15-6/h1-5H,(H3,10,11,12,13,14). The molecule has 0 radical (unpaired) electrons. The van der Waals surface area contributed by atoms with Crippen molar-refractivity contribution in [1.82, 2.24) is 9.97 Å². The van der Waals surface area contributed by atoms with Gasteiger partial charge in [0, 0.05) is 6.20 Å². The van der Waals surface area contributed by atoms with Crippen LogP contribution in [-0.2, 0) is 0 Å². The van der Waals surface area contributed by atoms with E-state index in [4.69, 9.17) is 5.73 Å². The minimum atomic E-state index is -0.633. The Labute approximate surface area is 90.0 Å². The average Bonchev–Trinajstić information content (AvgIpc) is 2.69. The van der Waals surface area contributed by atoms with Crippen LogP contribution < -0.4 is 11.1 Å². The zero-order valence-corrected chi connectivity index (χ0v) is 8.49. The molecule has 15 heavy (non-hydrogen) atoms. The summed E-state index contributed by atoms with van der Waals surface area (Å²) < 4.78 is 0. The van der Waals surface area contributed by atoms with E-state index in [9.17, 15) is 4.79 Å². The van der Waals surface area contributed by atoms with Gasteiger partial charge in [0.1, 0.15) is 5.82 Å². The third kappa shape index (κ3) is 2.29. The highest BCUT2D eigenvalue weighted by atomic mass is 32.1. The lowest BCUT2D eigenvalue weighted by Gasteiger charge is -2.01. The highest BCUT2D eigenvalue weighted by Crippen LogP contribution is 2.21. The Hall–Kier alpha value is -1.95. The van der Waals surface area contributed by atoms with Crippen molar-refractivity contribution < 1.29 is 4.79 Å². The van der Waals surface area contributed by atoms with Crippen molar-refractivity contribution in [2.45, 2.75) is 0 Å². The van der Waals surface area contributed by atoms with E-state index in [2.05, 4.69) is 15.3 Å². The first-order valence-corrected chi connectivity index (χ1v) is 5.07. The number of hydrogen-bond donors (Lipinski definition) is 2. The number of hydrogen-bond acceptors (Lipinski definition) is 4. The largest absolute Gasteiger partial charge is 0.351 e. The molecule has 2 aromatic rings. The number of amides is 2. The van der Waals surface area contributed by atoms with Crippen molar-refractivity contribution in [3.63, 3.8) is 0 Å². The van der Waals surface area contributed by atoms with E-state index < -0.39 is 6.03 Å². The van der Waals surface area contributed by atoms with E-state index in [0.29, 0.717) is 11.6 Å². The molecule has 0 atom stereocenters. The predicted octanol–water partition coefficient (Wildman–Crippen LogP) is 1.70. The molecule has 2 aromatic heterocycles. The van der Waals surface area contributed by atoms with Crippen molar-refractivity contribution in [2.75, 3.05) is 5.32 Å². The summed E-state index contributed by atoms with van der Waals surface area (Å²) in [5, 5.41) is 4.34. The minimum absolute atomic E-state index is 0.404. The molecule has 3 N–H and O–H groups in total. The Bertz CT molecular complexity index is 469. The molecule has 0 unspecified atom stereocenters. The normalized spacial score (nSPS) is 9.87. The lowest BCUT2D eigenvalue weighted by Crippen LogP contribution is -2.20. The number of aromatic nitrogens is 2. The summed E-state index contributed by atoms with van der Waals surface area (Å²) in [4.78, 5) is 19.8. The molecule has 0 aliphatic rings. The topological polar surface area (TPSA) is 80.9 Å². The Balaban J connectivity index is 2.31. The lowest BCUT2D eigenvalue weighted by atomic mass is 10.4. The minimum Gasteiger partial charge on any atom is -0.351 e. The second-order valence-electron chi connectivity index (χ2n) is 2.73. The van der Waals surface area contributed by atoms with E-state index in [1.807, 2.05) is 17.5 Å². The van der Waals surface area contributed by atoms with Crippen LogP contribution in [0.5, 0.6) is 0 Å². The van der Waals surface area contributed by atoms with Gasteiger partial charge in [-0.3, -0.25) is 5.32 Å². The second-order valence-corrected chi connectivity index (χ2v) is 3.68. The summed E-state index contributed by atoms with van der Waals surface area (Å²) in [6.45, 7) is 0. The summed E-state index contributed by atoms with van der Waals surface area (Å²) in [6.07, 6.45) is 1.58.